The Morgan fingerprint density at radius 3 is 2.88 bits per heavy atom. The number of nitro groups is 1. The van der Waals surface area contributed by atoms with Crippen molar-refractivity contribution in [3.63, 3.8) is 0 Å². The number of non-ortho nitro benzene ring substituents is 1. The van der Waals surface area contributed by atoms with E-state index in [1.807, 2.05) is 6.92 Å². The van der Waals surface area contributed by atoms with Crippen molar-refractivity contribution in [1.82, 2.24) is 19.6 Å². The Morgan fingerprint density at radius 2 is 2.15 bits per heavy atom. The van der Waals surface area contributed by atoms with Crippen molar-refractivity contribution in [3.05, 3.63) is 63.2 Å². The predicted octanol–water partition coefficient (Wildman–Crippen LogP) is 2.50. The summed E-state index contributed by atoms with van der Waals surface area (Å²) in [5.74, 6) is 0.0264. The van der Waals surface area contributed by atoms with Crippen LogP contribution in [0.1, 0.15) is 35.5 Å². The fraction of sp³-hybridized carbons (Fsp3) is 0.294. The molecule has 0 amide bonds. The maximum absolute atomic E-state index is 12.4. The molecule has 0 saturated heterocycles. The van der Waals surface area contributed by atoms with Gasteiger partial charge in [0, 0.05) is 29.1 Å². The fourth-order valence-electron chi connectivity index (χ4n) is 2.75. The number of benzene rings is 1. The van der Waals surface area contributed by atoms with Crippen LogP contribution in [-0.2, 0) is 16.0 Å². The molecule has 26 heavy (non-hydrogen) atoms. The van der Waals surface area contributed by atoms with Gasteiger partial charge in [0.05, 0.1) is 11.3 Å². The van der Waals surface area contributed by atoms with Crippen LogP contribution in [0, 0.1) is 24.0 Å². The quantitative estimate of drug-likeness (QED) is 0.392. The summed E-state index contributed by atoms with van der Waals surface area (Å²) in [5, 5.41) is 15.0. The van der Waals surface area contributed by atoms with E-state index in [0.29, 0.717) is 17.0 Å². The van der Waals surface area contributed by atoms with E-state index in [1.54, 1.807) is 30.5 Å². The minimum absolute atomic E-state index is 0.0275. The average Bonchev–Trinajstić information content (AvgIpc) is 3.07. The number of aromatic nitrogens is 4. The van der Waals surface area contributed by atoms with Gasteiger partial charge in [-0.2, -0.15) is 10.1 Å². The lowest BCUT2D eigenvalue weighted by Crippen LogP contribution is -2.15. The van der Waals surface area contributed by atoms with Gasteiger partial charge in [-0.3, -0.25) is 14.9 Å². The zero-order valence-electron chi connectivity index (χ0n) is 14.5. The number of esters is 1. The third-order valence-corrected chi connectivity index (χ3v) is 4.17. The van der Waals surface area contributed by atoms with Crippen LogP contribution in [0.5, 0.6) is 0 Å². The van der Waals surface area contributed by atoms with Gasteiger partial charge >= 0.3 is 5.97 Å². The summed E-state index contributed by atoms with van der Waals surface area (Å²) in [6, 6.07) is 6.04. The molecule has 0 bridgehead atoms. The smallest absolute Gasteiger partial charge is 0.310 e. The summed E-state index contributed by atoms with van der Waals surface area (Å²) in [6.07, 6.45) is 0.826. The summed E-state index contributed by atoms with van der Waals surface area (Å²) in [4.78, 5) is 31.1. The molecular weight excluding hydrogens is 338 g/mol. The Labute approximate surface area is 148 Å². The van der Waals surface area contributed by atoms with Crippen molar-refractivity contribution in [2.45, 2.75) is 33.3 Å². The van der Waals surface area contributed by atoms with Crippen LogP contribution in [0.25, 0.3) is 5.78 Å². The number of carbonyl (C=O) groups is 1. The fourth-order valence-corrected chi connectivity index (χ4v) is 2.75. The van der Waals surface area contributed by atoms with Gasteiger partial charge in [-0.05, 0) is 26.3 Å². The standard InChI is InChI=1S/C17H17N5O4/c1-10-15(11(2)21-17(20-10)18-9-19-21)8-16(23)26-12(3)13-5-4-6-14(7-13)22(24)25/h4-7,9,12H,8H2,1-3H3/t12-/m0/s1. The predicted molar refractivity (Wildman–Crippen MR) is 91.6 cm³/mol. The molecule has 0 aliphatic rings. The van der Waals surface area contributed by atoms with Gasteiger partial charge in [-0.25, -0.2) is 9.50 Å². The van der Waals surface area contributed by atoms with Crippen molar-refractivity contribution in [3.8, 4) is 0 Å². The number of nitrogens with zero attached hydrogens (tertiary/aromatic N) is 5. The maximum Gasteiger partial charge on any atom is 0.310 e. The van der Waals surface area contributed by atoms with Crippen molar-refractivity contribution in [2.24, 2.45) is 0 Å². The molecule has 0 N–H and O–H groups in total. The van der Waals surface area contributed by atoms with Crippen LogP contribution < -0.4 is 0 Å². The highest BCUT2D eigenvalue weighted by molar-refractivity contribution is 5.73. The van der Waals surface area contributed by atoms with Gasteiger partial charge < -0.3 is 4.74 Å². The van der Waals surface area contributed by atoms with Crippen LogP contribution in [0.4, 0.5) is 5.69 Å². The monoisotopic (exact) mass is 355 g/mol. The molecule has 0 unspecified atom stereocenters. The number of carbonyl (C=O) groups excluding carboxylic acids is 1. The molecule has 0 fully saturated rings. The summed E-state index contributed by atoms with van der Waals surface area (Å²) in [5.41, 5.74) is 2.69. The average molecular weight is 355 g/mol. The Morgan fingerprint density at radius 1 is 1.38 bits per heavy atom. The molecule has 9 heteroatoms. The molecule has 2 aromatic heterocycles. The van der Waals surface area contributed by atoms with E-state index in [4.69, 9.17) is 4.74 Å². The van der Waals surface area contributed by atoms with E-state index >= 15 is 0 Å². The third kappa shape index (κ3) is 3.37. The van der Waals surface area contributed by atoms with Gasteiger partial charge in [0.2, 0.25) is 0 Å². The lowest BCUT2D eigenvalue weighted by molar-refractivity contribution is -0.385. The summed E-state index contributed by atoms with van der Waals surface area (Å²) in [6.45, 7) is 5.31. The molecule has 0 spiro atoms. The first-order valence-corrected chi connectivity index (χ1v) is 7.96. The number of ether oxygens (including phenoxy) is 1. The van der Waals surface area contributed by atoms with Gasteiger partial charge in [-0.1, -0.05) is 12.1 Å². The van der Waals surface area contributed by atoms with Crippen molar-refractivity contribution < 1.29 is 14.5 Å². The van der Waals surface area contributed by atoms with E-state index in [2.05, 4.69) is 15.1 Å². The minimum Gasteiger partial charge on any atom is -0.458 e. The van der Waals surface area contributed by atoms with E-state index in [-0.39, 0.29) is 12.1 Å². The lowest BCUT2D eigenvalue weighted by atomic mass is 10.1. The second kappa shape index (κ2) is 6.87. The highest BCUT2D eigenvalue weighted by Gasteiger charge is 2.19. The van der Waals surface area contributed by atoms with Crippen LogP contribution in [0.15, 0.2) is 30.6 Å². The topological polar surface area (TPSA) is 113 Å². The van der Waals surface area contributed by atoms with Gasteiger partial charge in [0.25, 0.3) is 11.5 Å². The number of rotatable bonds is 5. The lowest BCUT2D eigenvalue weighted by Gasteiger charge is -2.15. The molecule has 2 heterocycles. The van der Waals surface area contributed by atoms with Crippen LogP contribution in [-0.4, -0.2) is 30.5 Å². The first-order valence-electron chi connectivity index (χ1n) is 7.96. The number of hydrogen-bond acceptors (Lipinski definition) is 7. The first kappa shape index (κ1) is 17.5. The molecule has 134 valence electrons. The summed E-state index contributed by atoms with van der Waals surface area (Å²) >= 11 is 0. The molecule has 3 rings (SSSR count). The Balaban J connectivity index is 1.77. The Bertz CT molecular complexity index is 998. The highest BCUT2D eigenvalue weighted by atomic mass is 16.6. The molecule has 0 aliphatic heterocycles. The maximum atomic E-state index is 12.4. The van der Waals surface area contributed by atoms with Crippen molar-refractivity contribution in [2.75, 3.05) is 0 Å². The van der Waals surface area contributed by atoms with Crippen LogP contribution in [0.3, 0.4) is 0 Å². The highest BCUT2D eigenvalue weighted by Crippen LogP contribution is 2.23. The van der Waals surface area contributed by atoms with Gasteiger partial charge in [-0.15, -0.1) is 0 Å². The molecule has 1 atom stereocenters. The second-order valence-corrected chi connectivity index (χ2v) is 5.89. The number of fused-ring (bicyclic) bond motifs is 1. The largest absolute Gasteiger partial charge is 0.458 e. The third-order valence-electron chi connectivity index (χ3n) is 4.17. The molecule has 0 aliphatic carbocycles. The van der Waals surface area contributed by atoms with E-state index < -0.39 is 17.0 Å². The van der Waals surface area contributed by atoms with Gasteiger partial charge in [0.1, 0.15) is 12.4 Å². The van der Waals surface area contributed by atoms with Crippen LogP contribution in [0.2, 0.25) is 0 Å². The molecule has 0 radical (unpaired) electrons. The van der Waals surface area contributed by atoms with E-state index in [9.17, 15) is 14.9 Å². The van der Waals surface area contributed by atoms with Crippen molar-refractivity contribution in [1.29, 1.82) is 0 Å². The number of hydrogen-bond donors (Lipinski definition) is 0. The molecular formula is C17H17N5O4. The molecule has 0 saturated carbocycles. The molecule has 9 nitrogen and oxygen atoms in total. The second-order valence-electron chi connectivity index (χ2n) is 5.89. The zero-order chi connectivity index (χ0) is 18.8. The van der Waals surface area contributed by atoms with Crippen molar-refractivity contribution >= 4 is 17.4 Å². The zero-order valence-corrected chi connectivity index (χ0v) is 14.5. The minimum atomic E-state index is -0.605. The molecule has 3 aromatic rings. The van der Waals surface area contributed by atoms with E-state index in [1.165, 1.54) is 18.5 Å². The Hall–Kier alpha value is -3.36. The van der Waals surface area contributed by atoms with Gasteiger partial charge in [0.15, 0.2) is 0 Å². The normalized spacial score (nSPS) is 12.1. The molecule has 1 aromatic carbocycles. The van der Waals surface area contributed by atoms with Crippen LogP contribution >= 0.6 is 0 Å². The SMILES string of the molecule is Cc1nc2ncnn2c(C)c1CC(=O)O[C@@H](C)c1cccc([N+](=O)[O-])c1. The number of aryl methyl sites for hydroxylation is 2. The Kier molecular flexibility index (Phi) is 4.61. The summed E-state index contributed by atoms with van der Waals surface area (Å²) < 4.78 is 7.01. The first-order chi connectivity index (χ1) is 12.4. The summed E-state index contributed by atoms with van der Waals surface area (Å²) in [7, 11) is 0. The number of nitro benzene ring substituents is 1. The van der Waals surface area contributed by atoms with E-state index in [0.717, 1.165) is 11.3 Å².